The van der Waals surface area contributed by atoms with Crippen molar-refractivity contribution in [3.8, 4) is 5.75 Å². The van der Waals surface area contributed by atoms with E-state index in [0.717, 1.165) is 12.5 Å². The Balaban J connectivity index is 2.60. The van der Waals surface area contributed by atoms with Crippen LogP contribution >= 0.6 is 11.8 Å². The Morgan fingerprint density at radius 3 is 2.65 bits per heavy atom. The van der Waals surface area contributed by atoms with Gasteiger partial charge in [-0.3, -0.25) is 0 Å². The predicted molar refractivity (Wildman–Crippen MR) is 73.6 cm³/mol. The first-order valence-electron chi connectivity index (χ1n) is 6.00. The van der Waals surface area contributed by atoms with E-state index in [4.69, 9.17) is 10.5 Å². The molecule has 114 valence electrons. The van der Waals surface area contributed by atoms with E-state index in [9.17, 15) is 17.6 Å². The summed E-state index contributed by atoms with van der Waals surface area (Å²) in [5, 5.41) is 2.74. The first-order valence-corrected chi connectivity index (χ1v) is 6.98. The van der Waals surface area contributed by atoms with Crippen LogP contribution in [0.15, 0.2) is 12.1 Å². The standard InChI is InChI=1S/C12H16F4N2OS/c1-2-4-19-11-7-10(9(17)6-8(11)13)18-3-5-20-12(14,15)16/h6-7,18H,2-5,17H2,1H3. The van der Waals surface area contributed by atoms with Gasteiger partial charge < -0.3 is 15.8 Å². The van der Waals surface area contributed by atoms with Gasteiger partial charge in [-0.15, -0.1) is 0 Å². The third kappa shape index (κ3) is 5.77. The Morgan fingerprint density at radius 1 is 1.35 bits per heavy atom. The maximum absolute atomic E-state index is 13.5. The molecule has 0 saturated heterocycles. The summed E-state index contributed by atoms with van der Waals surface area (Å²) in [5.41, 5.74) is 1.83. The molecule has 0 aliphatic carbocycles. The first-order chi connectivity index (χ1) is 9.33. The molecule has 0 bridgehead atoms. The highest BCUT2D eigenvalue weighted by atomic mass is 32.2. The normalized spacial score (nSPS) is 11.4. The summed E-state index contributed by atoms with van der Waals surface area (Å²) in [6, 6.07) is 2.45. The monoisotopic (exact) mass is 312 g/mol. The van der Waals surface area contributed by atoms with Crippen LogP contribution in [0.4, 0.5) is 28.9 Å². The molecule has 0 saturated carbocycles. The minimum absolute atomic E-state index is 0.0343. The Kier molecular flexibility index (Phi) is 6.25. The van der Waals surface area contributed by atoms with E-state index in [1.165, 1.54) is 6.07 Å². The van der Waals surface area contributed by atoms with Crippen LogP contribution in [-0.2, 0) is 0 Å². The van der Waals surface area contributed by atoms with Crippen LogP contribution in [0.1, 0.15) is 13.3 Å². The first kappa shape index (κ1) is 16.7. The molecular formula is C12H16F4N2OS. The smallest absolute Gasteiger partial charge is 0.441 e. The third-order valence-electron chi connectivity index (χ3n) is 2.25. The highest BCUT2D eigenvalue weighted by Gasteiger charge is 2.27. The van der Waals surface area contributed by atoms with Gasteiger partial charge in [0.2, 0.25) is 0 Å². The van der Waals surface area contributed by atoms with Crippen LogP contribution in [0.3, 0.4) is 0 Å². The number of alkyl halides is 3. The number of anilines is 2. The molecule has 0 spiro atoms. The number of benzene rings is 1. The lowest BCUT2D eigenvalue weighted by Crippen LogP contribution is -2.11. The van der Waals surface area contributed by atoms with Crippen LogP contribution in [0.25, 0.3) is 0 Å². The zero-order valence-corrected chi connectivity index (χ0v) is 11.7. The highest BCUT2D eigenvalue weighted by Crippen LogP contribution is 2.31. The number of nitrogens with one attached hydrogen (secondary N) is 1. The maximum Gasteiger partial charge on any atom is 0.441 e. The van der Waals surface area contributed by atoms with Crippen molar-refractivity contribution in [2.75, 3.05) is 30.0 Å². The van der Waals surface area contributed by atoms with Crippen molar-refractivity contribution < 1.29 is 22.3 Å². The molecule has 1 aromatic rings. The van der Waals surface area contributed by atoms with E-state index in [1.807, 2.05) is 6.92 Å². The Labute approximate surface area is 118 Å². The molecule has 0 radical (unpaired) electrons. The van der Waals surface area contributed by atoms with E-state index in [0.29, 0.717) is 12.3 Å². The molecule has 0 heterocycles. The van der Waals surface area contributed by atoms with Crippen LogP contribution < -0.4 is 15.8 Å². The summed E-state index contributed by atoms with van der Waals surface area (Å²) >= 11 is -0.129. The number of hydrogen-bond donors (Lipinski definition) is 2. The van der Waals surface area contributed by atoms with E-state index in [-0.39, 0.29) is 35.5 Å². The number of halogens is 4. The van der Waals surface area contributed by atoms with Crippen molar-refractivity contribution in [3.05, 3.63) is 17.9 Å². The predicted octanol–water partition coefficient (Wildman–Crippen LogP) is 3.86. The summed E-state index contributed by atoms with van der Waals surface area (Å²) in [6.07, 6.45) is 0.717. The average molecular weight is 312 g/mol. The number of rotatable bonds is 7. The van der Waals surface area contributed by atoms with Gasteiger partial charge in [0.05, 0.1) is 18.0 Å². The van der Waals surface area contributed by atoms with Crippen molar-refractivity contribution in [2.24, 2.45) is 0 Å². The van der Waals surface area contributed by atoms with E-state index < -0.39 is 11.3 Å². The fourth-order valence-electron chi connectivity index (χ4n) is 1.40. The van der Waals surface area contributed by atoms with Gasteiger partial charge in [0.15, 0.2) is 11.6 Å². The molecular weight excluding hydrogens is 296 g/mol. The van der Waals surface area contributed by atoms with Crippen molar-refractivity contribution >= 4 is 23.1 Å². The second-order valence-corrected chi connectivity index (χ2v) is 5.10. The largest absolute Gasteiger partial charge is 0.490 e. The average Bonchev–Trinajstić information content (AvgIpc) is 2.34. The molecule has 20 heavy (non-hydrogen) atoms. The molecule has 8 heteroatoms. The van der Waals surface area contributed by atoms with E-state index >= 15 is 0 Å². The van der Waals surface area contributed by atoms with E-state index in [2.05, 4.69) is 5.32 Å². The Morgan fingerprint density at radius 2 is 2.05 bits per heavy atom. The van der Waals surface area contributed by atoms with Crippen molar-refractivity contribution in [3.63, 3.8) is 0 Å². The maximum atomic E-state index is 13.5. The zero-order valence-electron chi connectivity index (χ0n) is 10.9. The van der Waals surface area contributed by atoms with Crippen LogP contribution in [0.5, 0.6) is 5.75 Å². The lowest BCUT2D eigenvalue weighted by molar-refractivity contribution is -0.0327. The van der Waals surface area contributed by atoms with Gasteiger partial charge in [0.1, 0.15) is 0 Å². The molecule has 0 amide bonds. The summed E-state index contributed by atoms with van der Waals surface area (Å²) < 4.78 is 54.6. The number of nitrogens with two attached hydrogens (primary N) is 1. The molecule has 0 unspecified atom stereocenters. The number of ether oxygens (including phenoxy) is 1. The molecule has 1 aromatic carbocycles. The summed E-state index contributed by atoms with van der Waals surface area (Å²) in [5.74, 6) is -0.718. The zero-order chi connectivity index (χ0) is 15.2. The molecule has 0 aliphatic rings. The van der Waals surface area contributed by atoms with Crippen molar-refractivity contribution in [1.29, 1.82) is 0 Å². The van der Waals surface area contributed by atoms with Gasteiger partial charge in [0.25, 0.3) is 0 Å². The molecule has 1 rings (SSSR count). The van der Waals surface area contributed by atoms with Gasteiger partial charge in [-0.1, -0.05) is 6.92 Å². The van der Waals surface area contributed by atoms with Crippen LogP contribution in [0, 0.1) is 5.82 Å². The van der Waals surface area contributed by atoms with Gasteiger partial charge in [0, 0.05) is 24.4 Å². The lowest BCUT2D eigenvalue weighted by atomic mass is 10.2. The van der Waals surface area contributed by atoms with Crippen molar-refractivity contribution in [2.45, 2.75) is 18.9 Å². The second kappa shape index (κ2) is 7.47. The topological polar surface area (TPSA) is 47.3 Å². The van der Waals surface area contributed by atoms with Gasteiger partial charge in [-0.2, -0.15) is 13.2 Å². The summed E-state index contributed by atoms with van der Waals surface area (Å²) in [6.45, 7) is 2.29. The number of hydrogen-bond acceptors (Lipinski definition) is 4. The molecule has 0 fully saturated rings. The third-order valence-corrected chi connectivity index (χ3v) is 2.98. The summed E-state index contributed by atoms with van der Waals surface area (Å²) in [7, 11) is 0. The highest BCUT2D eigenvalue weighted by molar-refractivity contribution is 8.00. The Bertz CT molecular complexity index is 440. The van der Waals surface area contributed by atoms with Gasteiger partial charge in [-0.05, 0) is 18.2 Å². The SMILES string of the molecule is CCCOc1cc(NCCSC(F)(F)F)c(N)cc1F. The van der Waals surface area contributed by atoms with Gasteiger partial charge in [-0.25, -0.2) is 4.39 Å². The molecule has 0 atom stereocenters. The Hall–Kier alpha value is -1.31. The van der Waals surface area contributed by atoms with Crippen LogP contribution in [0.2, 0.25) is 0 Å². The molecule has 3 nitrogen and oxygen atoms in total. The fraction of sp³-hybridized carbons (Fsp3) is 0.500. The molecule has 3 N–H and O–H groups in total. The minimum atomic E-state index is -4.26. The summed E-state index contributed by atoms with van der Waals surface area (Å²) in [4.78, 5) is 0. The quantitative estimate of drug-likeness (QED) is 0.456. The molecule has 0 aliphatic heterocycles. The van der Waals surface area contributed by atoms with Gasteiger partial charge >= 0.3 is 5.51 Å². The van der Waals surface area contributed by atoms with Crippen LogP contribution in [-0.4, -0.2) is 24.4 Å². The fourth-order valence-corrected chi connectivity index (χ4v) is 1.83. The number of nitrogen functional groups attached to an aromatic ring is 1. The molecule has 0 aromatic heterocycles. The second-order valence-electron chi connectivity index (χ2n) is 3.94. The lowest BCUT2D eigenvalue weighted by Gasteiger charge is -2.13. The number of thioether (sulfide) groups is 1. The minimum Gasteiger partial charge on any atom is -0.490 e. The van der Waals surface area contributed by atoms with E-state index in [1.54, 1.807) is 0 Å². The van der Waals surface area contributed by atoms with Crippen molar-refractivity contribution in [1.82, 2.24) is 0 Å².